The third-order valence-electron chi connectivity index (χ3n) is 4.57. The van der Waals surface area contributed by atoms with Crippen LogP contribution >= 0.6 is 34.8 Å². The molecular formula is C22H22Cl3NO6. The van der Waals surface area contributed by atoms with Gasteiger partial charge < -0.3 is 23.8 Å². The summed E-state index contributed by atoms with van der Waals surface area (Å²) in [6.45, 7) is 1.29. The summed E-state index contributed by atoms with van der Waals surface area (Å²) < 4.78 is 21.7. The molecular weight excluding hydrogens is 481 g/mol. The Morgan fingerprint density at radius 1 is 0.781 bits per heavy atom. The summed E-state index contributed by atoms with van der Waals surface area (Å²) >= 11 is 16.7. The minimum absolute atomic E-state index is 0.143. The van der Waals surface area contributed by atoms with Crippen molar-refractivity contribution in [2.45, 2.75) is 12.2 Å². The van der Waals surface area contributed by atoms with E-state index in [9.17, 15) is 9.59 Å². The molecule has 0 saturated heterocycles. The van der Waals surface area contributed by atoms with E-state index < -0.39 is 17.5 Å². The van der Waals surface area contributed by atoms with Crippen LogP contribution in [0.25, 0.3) is 0 Å². The van der Waals surface area contributed by atoms with Crippen LogP contribution in [0.3, 0.4) is 0 Å². The number of alkyl halides is 2. The molecule has 1 amide bonds. The Morgan fingerprint density at radius 2 is 1.22 bits per heavy atom. The first-order chi connectivity index (χ1) is 15.5. The lowest BCUT2D eigenvalue weighted by Crippen LogP contribution is -2.47. The highest BCUT2D eigenvalue weighted by molar-refractivity contribution is 6.64. The maximum Gasteiger partial charge on any atom is 0.267 e. The van der Waals surface area contributed by atoms with E-state index in [1.165, 1.54) is 0 Å². The van der Waals surface area contributed by atoms with E-state index in [-0.39, 0.29) is 19.1 Å². The number of para-hydroxylation sites is 4. The van der Waals surface area contributed by atoms with Gasteiger partial charge in [-0.2, -0.15) is 0 Å². The lowest BCUT2D eigenvalue weighted by Gasteiger charge is -2.30. The van der Waals surface area contributed by atoms with Crippen molar-refractivity contribution in [3.63, 3.8) is 0 Å². The molecule has 7 nitrogen and oxygen atoms in total. The quantitative estimate of drug-likeness (QED) is 0.443. The van der Waals surface area contributed by atoms with E-state index in [4.69, 9.17) is 53.8 Å². The molecule has 0 radical (unpaired) electrons. The van der Waals surface area contributed by atoms with Crippen LogP contribution < -0.4 is 18.9 Å². The molecule has 2 aliphatic rings. The summed E-state index contributed by atoms with van der Waals surface area (Å²) in [6, 6.07) is 14.5. The van der Waals surface area contributed by atoms with Crippen molar-refractivity contribution < 1.29 is 28.5 Å². The number of nitrogens with zero attached hydrogens (tertiary/aromatic N) is 1. The van der Waals surface area contributed by atoms with E-state index in [1.54, 1.807) is 23.1 Å². The van der Waals surface area contributed by atoms with Gasteiger partial charge in [-0.05, 0) is 35.9 Å². The van der Waals surface area contributed by atoms with Crippen LogP contribution in [-0.2, 0) is 9.59 Å². The van der Waals surface area contributed by atoms with Crippen molar-refractivity contribution in [2.75, 3.05) is 38.1 Å². The van der Waals surface area contributed by atoms with Gasteiger partial charge in [0.25, 0.3) is 11.1 Å². The number of hydrogen-bond acceptors (Lipinski definition) is 6. The number of benzene rings is 2. The number of carbonyl (C=O) groups is 2. The Kier molecular flexibility index (Phi) is 9.14. The summed E-state index contributed by atoms with van der Waals surface area (Å²) in [7, 11) is 0. The smallest absolute Gasteiger partial charge is 0.267 e. The van der Waals surface area contributed by atoms with Gasteiger partial charge in [0.05, 0.1) is 0 Å². The fraction of sp³-hybridized carbons (Fsp3) is 0.364. The van der Waals surface area contributed by atoms with Crippen LogP contribution in [-0.4, -0.2) is 66.3 Å². The Balaban J connectivity index is 0.000000193. The van der Waals surface area contributed by atoms with Crippen molar-refractivity contribution in [3.05, 3.63) is 48.5 Å². The number of amides is 1. The van der Waals surface area contributed by atoms with Crippen molar-refractivity contribution in [2.24, 2.45) is 0 Å². The Labute approximate surface area is 201 Å². The van der Waals surface area contributed by atoms with E-state index in [0.717, 1.165) is 0 Å². The van der Waals surface area contributed by atoms with E-state index in [2.05, 4.69) is 0 Å². The average molecular weight is 503 g/mol. The molecule has 172 valence electrons. The van der Waals surface area contributed by atoms with Crippen molar-refractivity contribution in [1.82, 2.24) is 4.90 Å². The molecule has 0 N–H and O–H groups in total. The number of halogens is 3. The average Bonchev–Trinajstić information content (AvgIpc) is 2.83. The molecule has 10 heteroatoms. The van der Waals surface area contributed by atoms with E-state index in [1.807, 2.05) is 30.3 Å². The Hall–Kier alpha value is -2.35. The molecule has 0 unspecified atom stereocenters. The van der Waals surface area contributed by atoms with Gasteiger partial charge >= 0.3 is 0 Å². The fourth-order valence-electron chi connectivity index (χ4n) is 3.01. The fourth-order valence-corrected chi connectivity index (χ4v) is 3.53. The lowest BCUT2D eigenvalue weighted by atomic mass is 10.2. The summed E-state index contributed by atoms with van der Waals surface area (Å²) in [4.78, 5) is 24.7. The summed E-state index contributed by atoms with van der Waals surface area (Å²) in [5.41, 5.74) is 0. The third-order valence-corrected chi connectivity index (χ3v) is 5.15. The van der Waals surface area contributed by atoms with E-state index >= 15 is 0 Å². The summed E-state index contributed by atoms with van der Waals surface area (Å²) in [6.07, 6.45) is -1.32. The van der Waals surface area contributed by atoms with Crippen LogP contribution in [0, 0.1) is 0 Å². The summed E-state index contributed by atoms with van der Waals surface area (Å²) in [5.74, 6) is 3.05. The third kappa shape index (κ3) is 6.34. The van der Waals surface area contributed by atoms with Crippen molar-refractivity contribution >= 4 is 46.0 Å². The number of fused-ring (bicyclic) bond motifs is 2. The van der Waals surface area contributed by atoms with E-state index in [0.29, 0.717) is 47.8 Å². The molecule has 4 rings (SSSR count). The molecule has 0 aliphatic carbocycles. The van der Waals surface area contributed by atoms with Crippen molar-refractivity contribution in [3.8, 4) is 23.0 Å². The number of hydrogen-bond donors (Lipinski definition) is 0. The predicted octanol–water partition coefficient (Wildman–Crippen LogP) is 3.72. The second-order valence-electron chi connectivity index (χ2n) is 6.74. The van der Waals surface area contributed by atoms with Gasteiger partial charge in [-0.3, -0.25) is 9.59 Å². The molecule has 32 heavy (non-hydrogen) atoms. The second-order valence-corrected chi connectivity index (χ2v) is 7.86. The topological polar surface area (TPSA) is 74.3 Å². The highest BCUT2D eigenvalue weighted by Crippen LogP contribution is 2.32. The van der Waals surface area contributed by atoms with Gasteiger partial charge in [-0.15, -0.1) is 23.2 Å². The molecule has 2 aromatic rings. The van der Waals surface area contributed by atoms with Crippen LogP contribution in [0.1, 0.15) is 0 Å². The number of rotatable bonds is 6. The molecule has 0 aromatic heterocycles. The maximum absolute atomic E-state index is 12.3. The van der Waals surface area contributed by atoms with Gasteiger partial charge in [0.15, 0.2) is 23.0 Å². The first-order valence-electron chi connectivity index (χ1n) is 9.90. The van der Waals surface area contributed by atoms with Gasteiger partial charge in [-0.25, -0.2) is 0 Å². The van der Waals surface area contributed by atoms with Gasteiger partial charge in [0.2, 0.25) is 12.2 Å². The predicted molar refractivity (Wildman–Crippen MR) is 122 cm³/mol. The van der Waals surface area contributed by atoms with Crippen LogP contribution in [0.2, 0.25) is 0 Å². The first-order valence-corrected chi connectivity index (χ1v) is 11.3. The zero-order valence-electron chi connectivity index (χ0n) is 17.0. The SMILES string of the molecule is O=C(Cl)[C@H]1COc2ccccc2O1.O=C([C@H]1COc2ccccc2O1)N(CCCl)CCCl. The maximum atomic E-state index is 12.3. The molecule has 2 aliphatic heterocycles. The molecule has 0 spiro atoms. The zero-order valence-corrected chi connectivity index (χ0v) is 19.3. The Morgan fingerprint density at radius 3 is 1.69 bits per heavy atom. The molecule has 2 heterocycles. The molecule has 2 aromatic carbocycles. The molecule has 2 atom stereocenters. The zero-order chi connectivity index (χ0) is 22.9. The number of ether oxygens (including phenoxy) is 4. The number of carbonyl (C=O) groups excluding carboxylic acids is 2. The molecule has 0 bridgehead atoms. The van der Waals surface area contributed by atoms with Crippen LogP contribution in [0.15, 0.2) is 48.5 Å². The minimum atomic E-state index is -0.684. The van der Waals surface area contributed by atoms with Gasteiger partial charge in [0.1, 0.15) is 13.2 Å². The van der Waals surface area contributed by atoms with Gasteiger partial charge in [-0.1, -0.05) is 24.3 Å². The molecule has 0 saturated carbocycles. The van der Waals surface area contributed by atoms with Crippen LogP contribution in [0.4, 0.5) is 0 Å². The largest absolute Gasteiger partial charge is 0.485 e. The Bertz CT molecular complexity index is 922. The normalized spacial score (nSPS) is 18.1. The second kappa shape index (κ2) is 12.0. The first kappa shape index (κ1) is 24.3. The molecule has 0 fully saturated rings. The highest BCUT2D eigenvalue weighted by atomic mass is 35.5. The highest BCUT2D eigenvalue weighted by Gasteiger charge is 2.30. The van der Waals surface area contributed by atoms with Gasteiger partial charge in [0, 0.05) is 24.8 Å². The minimum Gasteiger partial charge on any atom is -0.485 e. The van der Waals surface area contributed by atoms with Crippen molar-refractivity contribution in [1.29, 1.82) is 0 Å². The summed E-state index contributed by atoms with van der Waals surface area (Å²) in [5, 5.41) is -0.533. The van der Waals surface area contributed by atoms with Crippen LogP contribution in [0.5, 0.6) is 23.0 Å². The standard InChI is InChI=1S/C13H15Cl2NO3.C9H7ClO3/c14-5-7-16(8-6-15)13(17)12-9-18-10-3-1-2-4-11(10)19-12;10-9(11)8-5-12-6-3-1-2-4-7(6)13-8/h1-4,12H,5-9H2;1-4,8H,5H2/t12-;8-/m11/s1. The lowest BCUT2D eigenvalue weighted by molar-refractivity contribution is -0.140. The monoisotopic (exact) mass is 501 g/mol.